The number of aliphatic hydroxyl groups excluding tert-OH is 1. The molecule has 3 aromatic rings. The number of hydrogen-bond acceptors (Lipinski definition) is 4. The van der Waals surface area contributed by atoms with Gasteiger partial charge < -0.3 is 5.11 Å². The zero-order chi connectivity index (χ0) is 23.3. The summed E-state index contributed by atoms with van der Waals surface area (Å²) < 4.78 is 95.8. The minimum atomic E-state index is -4.89. The molecule has 6 nitrogen and oxygen atoms in total. The number of halogens is 3. The van der Waals surface area contributed by atoms with Gasteiger partial charge in [-0.3, -0.25) is 0 Å². The normalized spacial score (nSPS) is 14.4. The van der Waals surface area contributed by atoms with Crippen LogP contribution >= 0.6 is 0 Å². The van der Waals surface area contributed by atoms with E-state index in [9.17, 15) is 26.7 Å². The van der Waals surface area contributed by atoms with Gasteiger partial charge in [-0.25, -0.2) is 18.2 Å². The van der Waals surface area contributed by atoms with Gasteiger partial charge in [0.05, 0.1) is 28.4 Å². The Kier molecular flexibility index (Phi) is 3.62. The number of sulfonamides is 1. The van der Waals surface area contributed by atoms with Gasteiger partial charge in [0.15, 0.2) is 5.69 Å². The van der Waals surface area contributed by atoms with Crippen molar-refractivity contribution in [1.82, 2.24) is 9.78 Å². The SMILES string of the molecule is [2H]c1c([2H])c(-c2cc(C(F)(F)F)nn2-c2ccc(S(N)(=O)=O)cc2)c([2H])c([2H])c1CO. The quantitative estimate of drug-likeness (QED) is 0.702. The van der Waals surface area contributed by atoms with Crippen molar-refractivity contribution in [1.29, 1.82) is 0 Å². The van der Waals surface area contributed by atoms with Crippen LogP contribution in [0.2, 0.25) is 0 Å². The lowest BCUT2D eigenvalue weighted by Crippen LogP contribution is -2.12. The summed E-state index contributed by atoms with van der Waals surface area (Å²) in [6, 6.07) is 2.39. The highest BCUT2D eigenvalue weighted by Crippen LogP contribution is 2.33. The van der Waals surface area contributed by atoms with E-state index in [0.717, 1.165) is 28.9 Å². The molecule has 0 saturated carbocycles. The van der Waals surface area contributed by atoms with E-state index in [4.69, 9.17) is 10.6 Å². The lowest BCUT2D eigenvalue weighted by Gasteiger charge is -2.09. The molecule has 0 bridgehead atoms. The monoisotopic (exact) mass is 401 g/mol. The van der Waals surface area contributed by atoms with Crippen LogP contribution in [0.1, 0.15) is 16.7 Å². The maximum Gasteiger partial charge on any atom is 0.435 e. The van der Waals surface area contributed by atoms with Gasteiger partial charge in [-0.05, 0) is 35.9 Å². The molecule has 2 aromatic carbocycles. The summed E-state index contributed by atoms with van der Waals surface area (Å²) in [5.74, 6) is 0. The second kappa shape index (κ2) is 6.80. The Morgan fingerprint density at radius 3 is 2.22 bits per heavy atom. The molecule has 1 heterocycles. The van der Waals surface area contributed by atoms with E-state index < -0.39 is 63.9 Å². The Bertz CT molecular complexity index is 1250. The van der Waals surface area contributed by atoms with Gasteiger partial charge in [-0.1, -0.05) is 24.2 Å². The number of benzene rings is 2. The number of nitrogens with two attached hydrogens (primary N) is 1. The standard InChI is InChI=1S/C17H14F3N3O3S/c18-17(19,20)16-9-15(12-3-1-11(10-24)2-4-12)23(22-16)13-5-7-14(8-6-13)27(21,25)26/h1-9,24H,10H2,(H2,21,25,26)/i1D,2D,3D,4D. The Morgan fingerprint density at radius 1 is 1.15 bits per heavy atom. The fourth-order valence-corrected chi connectivity index (χ4v) is 2.73. The lowest BCUT2D eigenvalue weighted by atomic mass is 10.1. The minimum Gasteiger partial charge on any atom is -0.392 e. The number of hydrogen-bond donors (Lipinski definition) is 2. The Labute approximate surface area is 158 Å². The fraction of sp³-hybridized carbons (Fsp3) is 0.118. The highest BCUT2D eigenvalue weighted by molar-refractivity contribution is 7.89. The minimum absolute atomic E-state index is 0.0407. The Morgan fingerprint density at radius 2 is 1.74 bits per heavy atom. The molecular formula is C17H14F3N3O3S. The molecule has 0 atom stereocenters. The number of nitrogens with zero attached hydrogens (tertiary/aromatic N) is 2. The third kappa shape index (κ3) is 4.02. The maximum absolute atomic E-state index is 13.3. The molecule has 3 rings (SSSR count). The van der Waals surface area contributed by atoms with Gasteiger partial charge in [0, 0.05) is 5.56 Å². The first-order valence-corrected chi connectivity index (χ1v) is 8.83. The predicted octanol–water partition coefficient (Wildman–Crippen LogP) is 2.70. The molecule has 10 heteroatoms. The average molecular weight is 401 g/mol. The topological polar surface area (TPSA) is 98.2 Å². The van der Waals surface area contributed by atoms with Crippen LogP contribution in [-0.2, 0) is 22.8 Å². The van der Waals surface area contributed by atoms with Crippen LogP contribution in [0.4, 0.5) is 13.2 Å². The lowest BCUT2D eigenvalue weighted by molar-refractivity contribution is -0.141. The molecule has 0 saturated heterocycles. The predicted molar refractivity (Wildman–Crippen MR) is 91.3 cm³/mol. The van der Waals surface area contributed by atoms with Crippen LogP contribution in [0.3, 0.4) is 0 Å². The largest absolute Gasteiger partial charge is 0.435 e. The molecule has 0 amide bonds. The number of aliphatic hydroxyl groups is 1. The molecule has 142 valence electrons. The maximum atomic E-state index is 13.3. The van der Waals surface area contributed by atoms with Crippen molar-refractivity contribution < 1.29 is 32.2 Å². The zero-order valence-electron chi connectivity index (χ0n) is 17.4. The van der Waals surface area contributed by atoms with Crippen molar-refractivity contribution in [2.75, 3.05) is 0 Å². The van der Waals surface area contributed by atoms with E-state index in [1.54, 1.807) is 0 Å². The van der Waals surface area contributed by atoms with Crippen LogP contribution in [0.15, 0.2) is 59.4 Å². The summed E-state index contributed by atoms with van der Waals surface area (Å²) in [4.78, 5) is -0.294. The summed E-state index contributed by atoms with van der Waals surface area (Å²) in [5.41, 5.74) is -2.58. The van der Waals surface area contributed by atoms with Crippen molar-refractivity contribution in [3.63, 3.8) is 0 Å². The zero-order valence-corrected chi connectivity index (χ0v) is 14.2. The summed E-state index contributed by atoms with van der Waals surface area (Å²) >= 11 is 0. The number of primary sulfonamides is 1. The van der Waals surface area contributed by atoms with E-state index in [1.807, 2.05) is 0 Å². The fourth-order valence-electron chi connectivity index (χ4n) is 2.22. The van der Waals surface area contributed by atoms with Gasteiger partial charge in [0.25, 0.3) is 0 Å². The number of aromatic nitrogens is 2. The second-order valence-electron chi connectivity index (χ2n) is 5.37. The molecule has 0 spiro atoms. The van der Waals surface area contributed by atoms with Crippen LogP contribution in [0.25, 0.3) is 16.9 Å². The van der Waals surface area contributed by atoms with Crippen LogP contribution < -0.4 is 5.14 Å². The van der Waals surface area contributed by atoms with Gasteiger partial charge in [0.2, 0.25) is 10.0 Å². The molecule has 3 N–H and O–H groups in total. The van der Waals surface area contributed by atoms with E-state index in [2.05, 4.69) is 5.10 Å². The van der Waals surface area contributed by atoms with Crippen molar-refractivity contribution >= 4 is 10.0 Å². The van der Waals surface area contributed by atoms with Crippen molar-refractivity contribution in [2.24, 2.45) is 5.14 Å². The van der Waals surface area contributed by atoms with Gasteiger partial charge in [-0.2, -0.15) is 18.3 Å². The molecule has 0 fully saturated rings. The molecule has 0 aliphatic heterocycles. The van der Waals surface area contributed by atoms with Crippen LogP contribution in [0, 0.1) is 0 Å². The smallest absolute Gasteiger partial charge is 0.392 e. The third-order valence-corrected chi connectivity index (χ3v) is 4.43. The first-order valence-electron chi connectivity index (χ1n) is 9.28. The molecule has 0 unspecified atom stereocenters. The van der Waals surface area contributed by atoms with Gasteiger partial charge in [-0.15, -0.1) is 0 Å². The second-order valence-corrected chi connectivity index (χ2v) is 6.94. The first-order chi connectivity index (χ1) is 14.3. The van der Waals surface area contributed by atoms with Crippen molar-refractivity contribution in [3.8, 4) is 16.9 Å². The first kappa shape index (κ1) is 14.4. The van der Waals surface area contributed by atoms with Gasteiger partial charge >= 0.3 is 6.18 Å². The Hall–Kier alpha value is -2.69. The molecule has 0 aliphatic rings. The average Bonchev–Trinajstić information content (AvgIpc) is 3.12. The van der Waals surface area contributed by atoms with E-state index in [-0.39, 0.29) is 16.1 Å². The summed E-state index contributed by atoms with van der Waals surface area (Å²) in [7, 11) is -4.06. The van der Waals surface area contributed by atoms with Crippen LogP contribution in [-0.4, -0.2) is 23.3 Å². The third-order valence-electron chi connectivity index (χ3n) is 3.50. The van der Waals surface area contributed by atoms with Crippen molar-refractivity contribution in [2.45, 2.75) is 17.7 Å². The highest BCUT2D eigenvalue weighted by Gasteiger charge is 2.35. The molecular weight excluding hydrogens is 383 g/mol. The van der Waals surface area contributed by atoms with E-state index in [1.165, 1.54) is 0 Å². The Balaban J connectivity index is 2.34. The van der Waals surface area contributed by atoms with Crippen molar-refractivity contribution in [3.05, 3.63) is 65.8 Å². The number of rotatable bonds is 4. The molecule has 0 aliphatic carbocycles. The van der Waals surface area contributed by atoms with E-state index in [0.29, 0.717) is 6.07 Å². The number of alkyl halides is 3. The van der Waals surface area contributed by atoms with Crippen LogP contribution in [0.5, 0.6) is 0 Å². The molecule has 1 aromatic heterocycles. The molecule has 27 heavy (non-hydrogen) atoms. The van der Waals surface area contributed by atoms with Gasteiger partial charge in [0.1, 0.15) is 0 Å². The summed E-state index contributed by atoms with van der Waals surface area (Å²) in [6.07, 6.45) is -4.89. The molecule has 0 radical (unpaired) electrons. The van der Waals surface area contributed by atoms with E-state index >= 15 is 0 Å². The summed E-state index contributed by atoms with van der Waals surface area (Å²) in [5, 5.41) is 17.8. The highest BCUT2D eigenvalue weighted by atomic mass is 32.2. The summed E-state index contributed by atoms with van der Waals surface area (Å²) in [6.45, 7) is -0.794.